The number of halogens is 1. The first-order valence-corrected chi connectivity index (χ1v) is 8.59. The van der Waals surface area contributed by atoms with E-state index in [1.54, 1.807) is 36.4 Å². The van der Waals surface area contributed by atoms with Gasteiger partial charge in [-0.25, -0.2) is 4.79 Å². The third kappa shape index (κ3) is 5.58. The Labute approximate surface area is 154 Å². The third-order valence-electron chi connectivity index (χ3n) is 3.29. The number of ether oxygens (including phenoxy) is 1. The summed E-state index contributed by atoms with van der Waals surface area (Å²) in [5, 5.41) is 6.58. The fourth-order valence-corrected chi connectivity index (χ4v) is 3.15. The molecule has 1 atom stereocenters. The van der Waals surface area contributed by atoms with E-state index in [9.17, 15) is 14.4 Å². The average Bonchev–Trinajstić information content (AvgIpc) is 3.02. The summed E-state index contributed by atoms with van der Waals surface area (Å²) in [5.74, 6) is -0.980. The molecule has 2 amide bonds. The second kappa shape index (κ2) is 8.64. The van der Waals surface area contributed by atoms with Gasteiger partial charge in [0, 0.05) is 11.9 Å². The number of nitrogens with one attached hydrogen (secondary N) is 2. The fourth-order valence-electron chi connectivity index (χ4n) is 2.18. The number of esters is 1. The molecule has 0 radical (unpaired) electrons. The van der Waals surface area contributed by atoms with Crippen LogP contribution in [-0.4, -0.2) is 24.9 Å². The van der Waals surface area contributed by atoms with E-state index < -0.39 is 12.0 Å². The number of thiophene rings is 1. The van der Waals surface area contributed by atoms with E-state index in [-0.39, 0.29) is 18.2 Å². The molecule has 0 fully saturated rings. The molecular weight excluding hydrogens is 364 g/mol. The Morgan fingerprint density at radius 1 is 1.16 bits per heavy atom. The van der Waals surface area contributed by atoms with E-state index in [0.717, 1.165) is 16.9 Å². The molecule has 1 aromatic carbocycles. The van der Waals surface area contributed by atoms with Crippen LogP contribution in [0.1, 0.15) is 34.6 Å². The number of methoxy groups -OCH3 is 1. The molecule has 0 bridgehead atoms. The summed E-state index contributed by atoms with van der Waals surface area (Å²) in [5.41, 5.74) is 0.774. The average molecular weight is 381 g/mol. The molecule has 0 unspecified atom stereocenters. The lowest BCUT2D eigenvalue weighted by Gasteiger charge is -2.18. The largest absolute Gasteiger partial charge is 0.465 e. The first kappa shape index (κ1) is 19.0. The van der Waals surface area contributed by atoms with E-state index in [0.29, 0.717) is 14.9 Å². The number of hydrogen-bond acceptors (Lipinski definition) is 5. The second-order valence-corrected chi connectivity index (χ2v) is 6.73. The summed E-state index contributed by atoms with van der Waals surface area (Å²) in [4.78, 5) is 35.6. The summed E-state index contributed by atoms with van der Waals surface area (Å²) in [6, 6.07) is 9.65. The van der Waals surface area contributed by atoms with Gasteiger partial charge in [0.15, 0.2) is 0 Å². The molecule has 8 heteroatoms. The van der Waals surface area contributed by atoms with Crippen molar-refractivity contribution in [2.75, 3.05) is 12.4 Å². The number of amides is 2. The van der Waals surface area contributed by atoms with Gasteiger partial charge in [0.25, 0.3) is 0 Å². The van der Waals surface area contributed by atoms with Crippen LogP contribution in [0.4, 0.5) is 5.00 Å². The maximum atomic E-state index is 12.3. The Balaban J connectivity index is 2.06. The van der Waals surface area contributed by atoms with Crippen LogP contribution in [0.25, 0.3) is 0 Å². The second-order valence-electron chi connectivity index (χ2n) is 5.21. The van der Waals surface area contributed by atoms with Gasteiger partial charge >= 0.3 is 5.97 Å². The summed E-state index contributed by atoms with van der Waals surface area (Å²) >= 11 is 6.99. The van der Waals surface area contributed by atoms with Crippen LogP contribution in [0.15, 0.2) is 36.4 Å². The molecular formula is C17H17ClN2O4S. The predicted octanol–water partition coefficient (Wildman–Crippen LogP) is 3.39. The number of benzene rings is 1. The van der Waals surface area contributed by atoms with Crippen molar-refractivity contribution >= 4 is 45.7 Å². The molecule has 2 rings (SSSR count). The van der Waals surface area contributed by atoms with Gasteiger partial charge in [-0.05, 0) is 29.8 Å². The van der Waals surface area contributed by atoms with Crippen LogP contribution in [0.5, 0.6) is 0 Å². The summed E-state index contributed by atoms with van der Waals surface area (Å²) in [6.07, 6.45) is 0.0483. The Kier molecular flexibility index (Phi) is 6.55. The van der Waals surface area contributed by atoms with Gasteiger partial charge in [-0.1, -0.05) is 23.7 Å². The van der Waals surface area contributed by atoms with Crippen molar-refractivity contribution in [2.24, 2.45) is 0 Å². The Bertz CT molecular complexity index is 773. The minimum Gasteiger partial charge on any atom is -0.465 e. The maximum absolute atomic E-state index is 12.3. The van der Waals surface area contributed by atoms with Crippen LogP contribution < -0.4 is 10.6 Å². The van der Waals surface area contributed by atoms with E-state index in [1.807, 2.05) is 0 Å². The molecule has 2 N–H and O–H groups in total. The fraction of sp³-hybridized carbons (Fsp3) is 0.235. The lowest BCUT2D eigenvalue weighted by atomic mass is 10.0. The van der Waals surface area contributed by atoms with E-state index >= 15 is 0 Å². The van der Waals surface area contributed by atoms with E-state index in [2.05, 4.69) is 15.4 Å². The highest BCUT2D eigenvalue weighted by atomic mass is 35.5. The molecule has 2 aromatic rings. The highest BCUT2D eigenvalue weighted by molar-refractivity contribution is 7.18. The van der Waals surface area contributed by atoms with E-state index in [4.69, 9.17) is 11.6 Å². The van der Waals surface area contributed by atoms with Crippen molar-refractivity contribution in [1.82, 2.24) is 5.32 Å². The first-order valence-electron chi connectivity index (χ1n) is 7.39. The topological polar surface area (TPSA) is 84.5 Å². The number of hydrogen-bond donors (Lipinski definition) is 2. The highest BCUT2D eigenvalue weighted by Crippen LogP contribution is 2.24. The minimum atomic E-state index is -0.477. The van der Waals surface area contributed by atoms with Crippen LogP contribution in [0.2, 0.25) is 5.02 Å². The van der Waals surface area contributed by atoms with Crippen LogP contribution >= 0.6 is 22.9 Å². The van der Waals surface area contributed by atoms with Crippen molar-refractivity contribution in [3.05, 3.63) is 51.9 Å². The Hall–Kier alpha value is -2.38. The highest BCUT2D eigenvalue weighted by Gasteiger charge is 2.18. The molecule has 6 nitrogen and oxygen atoms in total. The first-order chi connectivity index (χ1) is 11.9. The standard InChI is InChI=1S/C17H17ClN2O4S/c1-10(21)19-13(11-3-5-12(18)6-4-11)9-15(22)20-16-8-7-14(25-16)17(23)24-2/h3-8,13H,9H2,1-2H3,(H,19,21)(H,20,22)/t13-/m0/s1. The summed E-state index contributed by atoms with van der Waals surface area (Å²) in [7, 11) is 1.30. The molecule has 0 saturated heterocycles. The quantitative estimate of drug-likeness (QED) is 0.752. The molecule has 0 saturated carbocycles. The monoisotopic (exact) mass is 380 g/mol. The van der Waals surface area contributed by atoms with Crippen molar-refractivity contribution in [1.29, 1.82) is 0 Å². The molecule has 0 aliphatic heterocycles. The van der Waals surface area contributed by atoms with Crippen molar-refractivity contribution in [3.63, 3.8) is 0 Å². The smallest absolute Gasteiger partial charge is 0.348 e. The van der Waals surface area contributed by atoms with Gasteiger partial charge in [0.2, 0.25) is 11.8 Å². The van der Waals surface area contributed by atoms with Crippen molar-refractivity contribution < 1.29 is 19.1 Å². The van der Waals surface area contributed by atoms with Gasteiger partial charge < -0.3 is 15.4 Å². The number of carbonyl (C=O) groups is 3. The molecule has 1 aromatic heterocycles. The van der Waals surface area contributed by atoms with E-state index in [1.165, 1.54) is 14.0 Å². The molecule has 1 heterocycles. The number of anilines is 1. The van der Waals surface area contributed by atoms with Gasteiger partial charge in [0.05, 0.1) is 24.6 Å². The third-order valence-corrected chi connectivity index (χ3v) is 4.53. The zero-order chi connectivity index (χ0) is 18.4. The molecule has 0 spiro atoms. The van der Waals surface area contributed by atoms with Crippen LogP contribution in [0.3, 0.4) is 0 Å². The van der Waals surface area contributed by atoms with Crippen molar-refractivity contribution in [3.8, 4) is 0 Å². The van der Waals surface area contributed by atoms with Gasteiger partial charge in [-0.3, -0.25) is 9.59 Å². The number of rotatable bonds is 6. The Morgan fingerprint density at radius 2 is 1.84 bits per heavy atom. The lowest BCUT2D eigenvalue weighted by molar-refractivity contribution is -0.120. The maximum Gasteiger partial charge on any atom is 0.348 e. The van der Waals surface area contributed by atoms with Crippen LogP contribution in [-0.2, 0) is 14.3 Å². The predicted molar refractivity (Wildman–Crippen MR) is 96.9 cm³/mol. The molecule has 132 valence electrons. The van der Waals surface area contributed by atoms with Gasteiger partial charge in [0.1, 0.15) is 4.88 Å². The SMILES string of the molecule is COC(=O)c1ccc(NC(=O)C[C@H](NC(C)=O)c2ccc(Cl)cc2)s1. The minimum absolute atomic E-state index is 0.0483. The molecule has 0 aliphatic carbocycles. The number of carbonyl (C=O) groups excluding carboxylic acids is 3. The molecule has 0 aliphatic rings. The lowest BCUT2D eigenvalue weighted by Crippen LogP contribution is -2.29. The van der Waals surface area contributed by atoms with Crippen LogP contribution in [0, 0.1) is 0 Å². The van der Waals surface area contributed by atoms with Crippen molar-refractivity contribution in [2.45, 2.75) is 19.4 Å². The molecule has 25 heavy (non-hydrogen) atoms. The zero-order valence-electron chi connectivity index (χ0n) is 13.7. The van der Waals surface area contributed by atoms with Gasteiger partial charge in [-0.15, -0.1) is 11.3 Å². The van der Waals surface area contributed by atoms with Gasteiger partial charge in [-0.2, -0.15) is 0 Å². The Morgan fingerprint density at radius 3 is 2.44 bits per heavy atom. The zero-order valence-corrected chi connectivity index (χ0v) is 15.2. The normalized spacial score (nSPS) is 11.5. The summed E-state index contributed by atoms with van der Waals surface area (Å²) < 4.78 is 4.63. The summed E-state index contributed by atoms with van der Waals surface area (Å²) in [6.45, 7) is 1.39.